The van der Waals surface area contributed by atoms with Crippen LogP contribution in [0.3, 0.4) is 0 Å². The van der Waals surface area contributed by atoms with Crippen molar-refractivity contribution in [2.45, 2.75) is 45.7 Å². The maximum Gasteiger partial charge on any atom is 0.255 e. The molecule has 1 N–H and O–H groups in total. The van der Waals surface area contributed by atoms with Crippen LogP contribution in [-0.2, 0) is 24.9 Å². The molecule has 0 bridgehead atoms. The molecular weight excluding hydrogens is 384 g/mol. The van der Waals surface area contributed by atoms with Crippen LogP contribution in [0.4, 0.5) is 0 Å². The zero-order valence-electron chi connectivity index (χ0n) is 17.3. The highest BCUT2D eigenvalue weighted by atomic mass is 32.1. The summed E-state index contributed by atoms with van der Waals surface area (Å²) < 4.78 is 5.22. The number of hydrogen-bond acceptors (Lipinski definition) is 6. The van der Waals surface area contributed by atoms with Crippen molar-refractivity contribution in [1.29, 1.82) is 0 Å². The number of nitrogens with zero attached hydrogens (tertiary/aromatic N) is 3. The van der Waals surface area contributed by atoms with Crippen LogP contribution in [0, 0.1) is 0 Å². The fraction of sp³-hybridized carbons (Fsp3) is 0.409. The van der Waals surface area contributed by atoms with E-state index in [0.29, 0.717) is 6.54 Å². The molecule has 3 heterocycles. The van der Waals surface area contributed by atoms with Gasteiger partial charge >= 0.3 is 0 Å². The van der Waals surface area contributed by atoms with Crippen molar-refractivity contribution in [2.75, 3.05) is 13.7 Å². The van der Waals surface area contributed by atoms with Gasteiger partial charge in [-0.2, -0.15) is 0 Å². The average Bonchev–Trinajstić information content (AvgIpc) is 3.16. The summed E-state index contributed by atoms with van der Waals surface area (Å²) in [5, 5.41) is 3.13. The first kappa shape index (κ1) is 19.8. The van der Waals surface area contributed by atoms with Crippen LogP contribution >= 0.6 is 11.3 Å². The summed E-state index contributed by atoms with van der Waals surface area (Å²) in [5.41, 5.74) is 3.60. The number of fused-ring (bicyclic) bond motifs is 1. The molecule has 152 valence electrons. The normalized spacial score (nSPS) is 14.6. The van der Waals surface area contributed by atoms with Gasteiger partial charge in [-0.1, -0.05) is 20.8 Å². The number of benzene rings is 1. The molecule has 2 aromatic heterocycles. The fourth-order valence-corrected chi connectivity index (χ4v) is 4.28. The molecule has 3 aromatic rings. The van der Waals surface area contributed by atoms with Gasteiger partial charge < -0.3 is 9.72 Å². The van der Waals surface area contributed by atoms with Gasteiger partial charge in [-0.05, 0) is 24.3 Å². The SMILES string of the molecule is COc1ccc(-c2csc(CN3CCc4nc(C(C)(C)C)[nH]c(=O)c4C3)n2)cc1. The van der Waals surface area contributed by atoms with Crippen LogP contribution < -0.4 is 10.3 Å². The Morgan fingerprint density at radius 3 is 2.66 bits per heavy atom. The van der Waals surface area contributed by atoms with E-state index in [1.807, 2.05) is 24.3 Å². The Labute approximate surface area is 174 Å². The summed E-state index contributed by atoms with van der Waals surface area (Å²) >= 11 is 1.65. The number of aromatic amines is 1. The quantitative estimate of drug-likeness (QED) is 0.709. The second-order valence-corrected chi connectivity index (χ2v) is 9.35. The number of rotatable bonds is 4. The third-order valence-corrected chi connectivity index (χ3v) is 5.99. The van der Waals surface area contributed by atoms with E-state index in [2.05, 4.69) is 36.0 Å². The van der Waals surface area contributed by atoms with Gasteiger partial charge in [0.15, 0.2) is 0 Å². The maximum absolute atomic E-state index is 12.6. The van der Waals surface area contributed by atoms with Crippen molar-refractivity contribution in [1.82, 2.24) is 19.9 Å². The van der Waals surface area contributed by atoms with Crippen molar-refractivity contribution >= 4 is 11.3 Å². The minimum absolute atomic E-state index is 0.0114. The lowest BCUT2D eigenvalue weighted by molar-refractivity contribution is 0.240. The predicted molar refractivity (Wildman–Crippen MR) is 115 cm³/mol. The number of H-pyrrole nitrogens is 1. The summed E-state index contributed by atoms with van der Waals surface area (Å²) in [4.78, 5) is 27.4. The second kappa shape index (κ2) is 7.72. The number of methoxy groups -OCH3 is 1. The minimum Gasteiger partial charge on any atom is -0.497 e. The Hall–Kier alpha value is -2.51. The third-order valence-electron chi connectivity index (χ3n) is 5.15. The van der Waals surface area contributed by atoms with Crippen molar-refractivity contribution in [3.8, 4) is 17.0 Å². The van der Waals surface area contributed by atoms with Gasteiger partial charge in [0.2, 0.25) is 0 Å². The Kier molecular flexibility index (Phi) is 5.27. The van der Waals surface area contributed by atoms with Gasteiger partial charge in [-0.25, -0.2) is 9.97 Å². The molecule has 29 heavy (non-hydrogen) atoms. The first-order valence-electron chi connectivity index (χ1n) is 9.77. The van der Waals surface area contributed by atoms with Crippen LogP contribution in [0.1, 0.15) is 42.9 Å². The predicted octanol–water partition coefficient (Wildman–Crippen LogP) is 3.76. The second-order valence-electron chi connectivity index (χ2n) is 8.41. The Morgan fingerprint density at radius 1 is 1.21 bits per heavy atom. The van der Waals surface area contributed by atoms with Gasteiger partial charge in [0.05, 0.1) is 30.6 Å². The van der Waals surface area contributed by atoms with Crippen LogP contribution in [0.25, 0.3) is 11.3 Å². The van der Waals surface area contributed by atoms with Crippen molar-refractivity contribution in [3.05, 3.63) is 62.1 Å². The molecule has 0 fully saturated rings. The van der Waals surface area contributed by atoms with Gasteiger partial charge in [-0.3, -0.25) is 9.69 Å². The average molecular weight is 411 g/mol. The molecule has 0 amide bonds. The number of thiazole rings is 1. The lowest BCUT2D eigenvalue weighted by atomic mass is 9.95. The monoisotopic (exact) mass is 410 g/mol. The molecule has 1 aliphatic rings. The summed E-state index contributed by atoms with van der Waals surface area (Å²) in [6, 6.07) is 7.93. The van der Waals surface area contributed by atoms with E-state index in [9.17, 15) is 4.79 Å². The highest BCUT2D eigenvalue weighted by Crippen LogP contribution is 2.26. The minimum atomic E-state index is -0.163. The van der Waals surface area contributed by atoms with Crippen molar-refractivity contribution < 1.29 is 4.74 Å². The molecule has 1 aromatic carbocycles. The summed E-state index contributed by atoms with van der Waals surface area (Å²) in [6.07, 6.45) is 0.791. The number of ether oxygens (including phenoxy) is 1. The molecule has 0 saturated heterocycles. The first-order valence-corrected chi connectivity index (χ1v) is 10.6. The van der Waals surface area contributed by atoms with Crippen LogP contribution in [-0.4, -0.2) is 33.5 Å². The zero-order chi connectivity index (χ0) is 20.6. The highest BCUT2D eigenvalue weighted by molar-refractivity contribution is 7.09. The first-order chi connectivity index (χ1) is 13.8. The number of aromatic nitrogens is 3. The van der Waals surface area contributed by atoms with Crippen LogP contribution in [0.2, 0.25) is 0 Å². The highest BCUT2D eigenvalue weighted by Gasteiger charge is 2.25. The van der Waals surface area contributed by atoms with E-state index >= 15 is 0 Å². The van der Waals surface area contributed by atoms with Crippen LogP contribution in [0.5, 0.6) is 5.75 Å². The largest absolute Gasteiger partial charge is 0.497 e. The van der Waals surface area contributed by atoms with E-state index in [0.717, 1.165) is 58.6 Å². The standard InChI is InChI=1S/C22H26N4O2S/c1-22(2,3)21-24-17-9-10-26(11-16(17)20(27)25-21)12-19-23-18(13-29-19)14-5-7-15(28-4)8-6-14/h5-8,13H,9-12H2,1-4H3,(H,24,25,27). The van der Waals surface area contributed by atoms with E-state index in [1.165, 1.54) is 0 Å². The lowest BCUT2D eigenvalue weighted by Crippen LogP contribution is -2.37. The summed E-state index contributed by atoms with van der Waals surface area (Å²) in [5.74, 6) is 1.60. The smallest absolute Gasteiger partial charge is 0.255 e. The summed E-state index contributed by atoms with van der Waals surface area (Å²) in [6.45, 7) is 8.42. The molecule has 0 unspecified atom stereocenters. The maximum atomic E-state index is 12.6. The molecule has 0 atom stereocenters. The van der Waals surface area contributed by atoms with Gasteiger partial charge in [0, 0.05) is 35.9 Å². The molecule has 1 aliphatic heterocycles. The number of hydrogen-bond donors (Lipinski definition) is 1. The van der Waals surface area contributed by atoms with Crippen molar-refractivity contribution in [2.24, 2.45) is 0 Å². The lowest BCUT2D eigenvalue weighted by Gasteiger charge is -2.28. The van der Waals surface area contributed by atoms with E-state index < -0.39 is 0 Å². The third kappa shape index (κ3) is 4.26. The Balaban J connectivity index is 1.48. The van der Waals surface area contributed by atoms with E-state index in [4.69, 9.17) is 14.7 Å². The molecule has 0 radical (unpaired) electrons. The zero-order valence-corrected chi connectivity index (χ0v) is 18.1. The Morgan fingerprint density at radius 2 is 1.97 bits per heavy atom. The van der Waals surface area contributed by atoms with Gasteiger partial charge in [0.1, 0.15) is 16.6 Å². The van der Waals surface area contributed by atoms with E-state index in [1.54, 1.807) is 18.4 Å². The molecule has 4 rings (SSSR count). The molecule has 7 heteroatoms. The van der Waals surface area contributed by atoms with Gasteiger partial charge in [-0.15, -0.1) is 11.3 Å². The fourth-order valence-electron chi connectivity index (χ4n) is 3.44. The molecule has 0 saturated carbocycles. The van der Waals surface area contributed by atoms with Crippen molar-refractivity contribution in [3.63, 3.8) is 0 Å². The molecule has 6 nitrogen and oxygen atoms in total. The molecule has 0 aliphatic carbocycles. The van der Waals surface area contributed by atoms with E-state index in [-0.39, 0.29) is 11.0 Å². The molecular formula is C22H26N4O2S. The number of nitrogens with one attached hydrogen (secondary N) is 1. The topological polar surface area (TPSA) is 71.1 Å². The van der Waals surface area contributed by atoms with Gasteiger partial charge in [0.25, 0.3) is 5.56 Å². The Bertz CT molecular complexity index is 1060. The van der Waals surface area contributed by atoms with Crippen LogP contribution in [0.15, 0.2) is 34.4 Å². The summed E-state index contributed by atoms with van der Waals surface area (Å²) in [7, 11) is 1.66. The molecule has 0 spiro atoms.